The van der Waals surface area contributed by atoms with Gasteiger partial charge in [0.1, 0.15) is 0 Å². The van der Waals surface area contributed by atoms with Gasteiger partial charge in [0.15, 0.2) is 0 Å². The molecular formula is C19H28O3. The summed E-state index contributed by atoms with van der Waals surface area (Å²) >= 11 is 0. The maximum atomic E-state index is 12.6. The van der Waals surface area contributed by atoms with Gasteiger partial charge in [-0.3, -0.25) is 4.79 Å². The van der Waals surface area contributed by atoms with Gasteiger partial charge in [-0.1, -0.05) is 44.2 Å². The summed E-state index contributed by atoms with van der Waals surface area (Å²) in [6.07, 6.45) is 3.66. The van der Waals surface area contributed by atoms with Crippen LogP contribution >= 0.6 is 0 Å². The van der Waals surface area contributed by atoms with Crippen LogP contribution in [0.4, 0.5) is 0 Å². The van der Waals surface area contributed by atoms with Crippen molar-refractivity contribution >= 4 is 5.97 Å². The molecule has 1 aliphatic rings. The van der Waals surface area contributed by atoms with Crippen molar-refractivity contribution in [1.82, 2.24) is 0 Å². The summed E-state index contributed by atoms with van der Waals surface area (Å²) in [5.74, 6) is 0.379. The molecule has 0 bridgehead atoms. The average molecular weight is 304 g/mol. The molecule has 0 aliphatic heterocycles. The van der Waals surface area contributed by atoms with Crippen LogP contribution in [0.15, 0.2) is 30.3 Å². The molecule has 1 aromatic carbocycles. The Morgan fingerprint density at radius 1 is 1.32 bits per heavy atom. The van der Waals surface area contributed by atoms with Crippen LogP contribution < -0.4 is 0 Å². The predicted molar refractivity (Wildman–Crippen MR) is 87.4 cm³/mol. The molecule has 0 saturated heterocycles. The monoisotopic (exact) mass is 304 g/mol. The molecule has 3 nitrogen and oxygen atoms in total. The molecule has 0 amide bonds. The average Bonchev–Trinajstić information content (AvgIpc) is 2.89. The quantitative estimate of drug-likeness (QED) is 0.702. The van der Waals surface area contributed by atoms with Crippen molar-refractivity contribution in [2.75, 3.05) is 6.61 Å². The van der Waals surface area contributed by atoms with Gasteiger partial charge in [0.25, 0.3) is 0 Å². The van der Waals surface area contributed by atoms with Crippen molar-refractivity contribution < 1.29 is 14.3 Å². The summed E-state index contributed by atoms with van der Waals surface area (Å²) in [5, 5.41) is 0. The second kappa shape index (κ2) is 7.77. The van der Waals surface area contributed by atoms with E-state index >= 15 is 0 Å². The lowest BCUT2D eigenvalue weighted by Crippen LogP contribution is -2.42. The number of esters is 1. The third-order valence-corrected chi connectivity index (χ3v) is 4.45. The van der Waals surface area contributed by atoms with E-state index in [4.69, 9.17) is 9.47 Å². The van der Waals surface area contributed by atoms with Gasteiger partial charge in [-0.05, 0) is 44.1 Å². The van der Waals surface area contributed by atoms with Crippen LogP contribution in [0.3, 0.4) is 0 Å². The van der Waals surface area contributed by atoms with Crippen LogP contribution in [0, 0.1) is 11.3 Å². The van der Waals surface area contributed by atoms with E-state index in [9.17, 15) is 4.79 Å². The lowest BCUT2D eigenvalue weighted by atomic mass is 9.76. The number of benzene rings is 1. The largest absolute Gasteiger partial charge is 0.465 e. The van der Waals surface area contributed by atoms with Crippen molar-refractivity contribution in [3.8, 4) is 0 Å². The minimum absolute atomic E-state index is 0.0332. The summed E-state index contributed by atoms with van der Waals surface area (Å²) in [6.45, 7) is 7.19. The SMILES string of the molecule is CCOC(=O)C1(CC(C)C)CCCC1OCc1ccccc1. The first-order valence-corrected chi connectivity index (χ1v) is 8.41. The number of carbonyl (C=O) groups is 1. The first kappa shape index (κ1) is 17.0. The van der Waals surface area contributed by atoms with Gasteiger partial charge in [0.2, 0.25) is 0 Å². The Kier molecular flexibility index (Phi) is 6.01. The Bertz CT molecular complexity index is 469. The molecule has 0 N–H and O–H groups in total. The molecule has 122 valence electrons. The smallest absolute Gasteiger partial charge is 0.314 e. The highest BCUT2D eigenvalue weighted by molar-refractivity contribution is 5.78. The summed E-state index contributed by atoms with van der Waals surface area (Å²) in [4.78, 5) is 12.6. The second-order valence-electron chi connectivity index (χ2n) is 6.65. The normalized spacial score (nSPS) is 24.6. The van der Waals surface area contributed by atoms with Gasteiger partial charge in [-0.25, -0.2) is 0 Å². The van der Waals surface area contributed by atoms with Crippen LogP contribution in [-0.2, 0) is 20.9 Å². The molecule has 1 aliphatic carbocycles. The number of hydrogen-bond acceptors (Lipinski definition) is 3. The molecule has 1 fully saturated rings. The van der Waals surface area contributed by atoms with Crippen LogP contribution in [0.1, 0.15) is 52.0 Å². The molecule has 1 aromatic rings. The summed E-state index contributed by atoms with van der Waals surface area (Å²) in [5.41, 5.74) is 0.690. The van der Waals surface area contributed by atoms with Crippen LogP contribution in [0.25, 0.3) is 0 Å². The number of ether oxygens (including phenoxy) is 2. The Hall–Kier alpha value is -1.35. The standard InChI is InChI=1S/C19H28O3/c1-4-21-18(20)19(13-15(2)3)12-8-11-17(19)22-14-16-9-6-5-7-10-16/h5-7,9-10,15,17H,4,8,11-14H2,1-3H3. The van der Waals surface area contributed by atoms with Crippen molar-refractivity contribution in [1.29, 1.82) is 0 Å². The zero-order valence-corrected chi connectivity index (χ0v) is 14.0. The first-order valence-electron chi connectivity index (χ1n) is 8.41. The Morgan fingerprint density at radius 2 is 2.05 bits per heavy atom. The molecule has 0 radical (unpaired) electrons. The van der Waals surface area contributed by atoms with Gasteiger partial charge in [0, 0.05) is 0 Å². The minimum Gasteiger partial charge on any atom is -0.465 e. The third-order valence-electron chi connectivity index (χ3n) is 4.45. The molecule has 2 atom stereocenters. The van der Waals surface area contributed by atoms with Crippen molar-refractivity contribution in [3.05, 3.63) is 35.9 Å². The number of carbonyl (C=O) groups excluding carboxylic acids is 1. The number of rotatable bonds is 7. The Morgan fingerprint density at radius 3 is 2.68 bits per heavy atom. The highest BCUT2D eigenvalue weighted by Crippen LogP contribution is 2.46. The molecule has 0 heterocycles. The van der Waals surface area contributed by atoms with Gasteiger partial charge >= 0.3 is 5.97 Å². The van der Waals surface area contributed by atoms with Gasteiger partial charge < -0.3 is 9.47 Å². The fourth-order valence-electron chi connectivity index (χ4n) is 3.61. The molecule has 0 aromatic heterocycles. The van der Waals surface area contributed by atoms with Crippen molar-refractivity contribution in [2.45, 2.75) is 59.2 Å². The molecule has 3 heteroatoms. The lowest BCUT2D eigenvalue weighted by Gasteiger charge is -2.34. The second-order valence-corrected chi connectivity index (χ2v) is 6.65. The number of hydrogen-bond donors (Lipinski definition) is 0. The predicted octanol–water partition coefficient (Wildman–Crippen LogP) is 4.35. The maximum Gasteiger partial charge on any atom is 0.314 e. The van der Waals surface area contributed by atoms with Gasteiger partial charge in [-0.2, -0.15) is 0 Å². The lowest BCUT2D eigenvalue weighted by molar-refractivity contribution is -0.166. The molecular weight excluding hydrogens is 276 g/mol. The van der Waals surface area contributed by atoms with E-state index < -0.39 is 5.41 Å². The molecule has 1 saturated carbocycles. The van der Waals surface area contributed by atoms with E-state index in [1.807, 2.05) is 25.1 Å². The zero-order valence-electron chi connectivity index (χ0n) is 14.0. The highest BCUT2D eigenvalue weighted by Gasteiger charge is 2.51. The molecule has 0 spiro atoms. The molecule has 2 rings (SSSR count). The Balaban J connectivity index is 2.10. The summed E-state index contributed by atoms with van der Waals surface area (Å²) in [6, 6.07) is 10.1. The van der Waals surface area contributed by atoms with Crippen LogP contribution in [-0.4, -0.2) is 18.7 Å². The van der Waals surface area contributed by atoms with Crippen molar-refractivity contribution in [2.24, 2.45) is 11.3 Å². The van der Waals surface area contributed by atoms with Crippen molar-refractivity contribution in [3.63, 3.8) is 0 Å². The minimum atomic E-state index is -0.459. The first-order chi connectivity index (χ1) is 10.6. The van der Waals surface area contributed by atoms with E-state index in [0.29, 0.717) is 19.1 Å². The van der Waals surface area contributed by atoms with E-state index in [0.717, 1.165) is 31.2 Å². The summed E-state index contributed by atoms with van der Waals surface area (Å²) < 4.78 is 11.6. The Labute approximate surface area is 134 Å². The molecule has 2 unspecified atom stereocenters. The third kappa shape index (κ3) is 3.89. The van der Waals surface area contributed by atoms with E-state index in [2.05, 4.69) is 26.0 Å². The molecule has 22 heavy (non-hydrogen) atoms. The van der Waals surface area contributed by atoms with E-state index in [1.54, 1.807) is 0 Å². The highest BCUT2D eigenvalue weighted by atomic mass is 16.5. The summed E-state index contributed by atoms with van der Waals surface area (Å²) in [7, 11) is 0. The fraction of sp³-hybridized carbons (Fsp3) is 0.632. The van der Waals surface area contributed by atoms with Crippen LogP contribution in [0.2, 0.25) is 0 Å². The van der Waals surface area contributed by atoms with Gasteiger partial charge in [0.05, 0.1) is 24.7 Å². The van der Waals surface area contributed by atoms with E-state index in [1.165, 1.54) is 0 Å². The topological polar surface area (TPSA) is 35.5 Å². The van der Waals surface area contributed by atoms with Gasteiger partial charge in [-0.15, -0.1) is 0 Å². The fourth-order valence-corrected chi connectivity index (χ4v) is 3.61. The van der Waals surface area contributed by atoms with Crippen LogP contribution in [0.5, 0.6) is 0 Å². The maximum absolute atomic E-state index is 12.6. The zero-order chi connectivity index (χ0) is 16.0. The van der Waals surface area contributed by atoms with E-state index in [-0.39, 0.29) is 12.1 Å².